The lowest BCUT2D eigenvalue weighted by Crippen LogP contribution is -2.24. The van der Waals surface area contributed by atoms with Crippen molar-refractivity contribution in [2.75, 3.05) is 0 Å². The van der Waals surface area contributed by atoms with Crippen LogP contribution < -0.4 is 5.56 Å². The molecule has 1 N–H and O–H groups in total. The number of thiazole rings is 1. The summed E-state index contributed by atoms with van der Waals surface area (Å²) in [6.07, 6.45) is 0. The number of rotatable bonds is 2. The maximum absolute atomic E-state index is 12.3. The van der Waals surface area contributed by atoms with Gasteiger partial charge in [-0.05, 0) is 37.6 Å². The summed E-state index contributed by atoms with van der Waals surface area (Å²) in [5.41, 5.74) is 4.08. The predicted molar refractivity (Wildman–Crippen MR) is 81.7 cm³/mol. The average Bonchev–Trinajstić information content (AvgIpc) is 2.84. The van der Waals surface area contributed by atoms with Gasteiger partial charge in [0.1, 0.15) is 0 Å². The molecule has 6 heteroatoms. The van der Waals surface area contributed by atoms with Gasteiger partial charge in [-0.3, -0.25) is 9.36 Å². The largest absolute Gasteiger partial charge is 0.478 e. The van der Waals surface area contributed by atoms with Crippen LogP contribution in [-0.2, 0) is 0 Å². The summed E-state index contributed by atoms with van der Waals surface area (Å²) >= 11 is 1.48. The van der Waals surface area contributed by atoms with Gasteiger partial charge in [0.15, 0.2) is 0 Å². The second-order valence-corrected chi connectivity index (χ2v) is 5.66. The highest BCUT2D eigenvalue weighted by Crippen LogP contribution is 2.22. The number of carboxylic acid groups (broad SMARTS) is 1. The van der Waals surface area contributed by atoms with E-state index in [-0.39, 0.29) is 11.1 Å². The third-order valence-electron chi connectivity index (χ3n) is 3.44. The van der Waals surface area contributed by atoms with Crippen molar-refractivity contribution in [1.29, 1.82) is 0 Å². The summed E-state index contributed by atoms with van der Waals surface area (Å²) in [4.78, 5) is 27.8. The predicted octanol–water partition coefficient (Wildman–Crippen LogP) is 2.76. The summed E-state index contributed by atoms with van der Waals surface area (Å²) < 4.78 is 2.38. The van der Waals surface area contributed by atoms with Gasteiger partial charge in [0.05, 0.1) is 27.0 Å². The molecule has 2 heterocycles. The second kappa shape index (κ2) is 4.82. The van der Waals surface area contributed by atoms with Crippen LogP contribution in [0, 0.1) is 13.8 Å². The summed E-state index contributed by atoms with van der Waals surface area (Å²) in [6, 6.07) is 6.81. The molecule has 2 aromatic heterocycles. The van der Waals surface area contributed by atoms with Crippen molar-refractivity contribution in [1.82, 2.24) is 9.55 Å². The van der Waals surface area contributed by atoms with Crippen molar-refractivity contribution in [3.05, 3.63) is 57.0 Å². The highest BCUT2D eigenvalue weighted by atomic mass is 32.1. The fraction of sp³-hybridized carbons (Fsp3) is 0.133. The molecular weight excluding hydrogens is 288 g/mol. The van der Waals surface area contributed by atoms with Crippen molar-refractivity contribution in [2.45, 2.75) is 13.8 Å². The molecule has 0 radical (unpaired) electrons. The standard InChI is InChI=1S/C15H12N2O3S/c1-8-5-13(18)17(9(2)14(8)15(19)20)10-3-4-11-12(6-10)21-7-16-11/h3-7H,1-2H3,(H,19,20). The lowest BCUT2D eigenvalue weighted by atomic mass is 10.1. The van der Waals surface area contributed by atoms with E-state index in [2.05, 4.69) is 4.98 Å². The smallest absolute Gasteiger partial charge is 0.337 e. The Morgan fingerprint density at radius 2 is 2.05 bits per heavy atom. The minimum Gasteiger partial charge on any atom is -0.478 e. The van der Waals surface area contributed by atoms with Crippen LogP contribution in [0.25, 0.3) is 15.9 Å². The van der Waals surface area contributed by atoms with Gasteiger partial charge in [-0.15, -0.1) is 11.3 Å². The van der Waals surface area contributed by atoms with Gasteiger partial charge in [-0.1, -0.05) is 0 Å². The van der Waals surface area contributed by atoms with Crippen LogP contribution in [0.4, 0.5) is 0 Å². The van der Waals surface area contributed by atoms with Gasteiger partial charge < -0.3 is 5.11 Å². The van der Waals surface area contributed by atoms with E-state index in [4.69, 9.17) is 0 Å². The third-order valence-corrected chi connectivity index (χ3v) is 4.23. The fourth-order valence-corrected chi connectivity index (χ4v) is 3.22. The number of carbonyl (C=O) groups is 1. The molecule has 1 aromatic carbocycles. The van der Waals surface area contributed by atoms with Crippen molar-refractivity contribution >= 4 is 27.5 Å². The SMILES string of the molecule is Cc1cc(=O)n(-c2ccc3ncsc3c2)c(C)c1C(=O)O. The lowest BCUT2D eigenvalue weighted by molar-refractivity contribution is 0.0694. The van der Waals surface area contributed by atoms with E-state index in [0.29, 0.717) is 16.9 Å². The van der Waals surface area contributed by atoms with Crippen LogP contribution >= 0.6 is 11.3 Å². The first-order chi connectivity index (χ1) is 9.99. The molecule has 0 aliphatic carbocycles. The molecule has 0 bridgehead atoms. The summed E-state index contributed by atoms with van der Waals surface area (Å²) in [6.45, 7) is 3.28. The van der Waals surface area contributed by atoms with Crippen LogP contribution in [0.2, 0.25) is 0 Å². The summed E-state index contributed by atoms with van der Waals surface area (Å²) in [5.74, 6) is -1.03. The minimum atomic E-state index is -1.03. The molecule has 0 spiro atoms. The number of aromatic nitrogens is 2. The molecule has 0 aliphatic rings. The molecule has 0 fully saturated rings. The Kier molecular flexibility index (Phi) is 3.10. The van der Waals surface area contributed by atoms with Crippen LogP contribution in [0.3, 0.4) is 0 Å². The molecule has 0 amide bonds. The number of aromatic carboxylic acids is 1. The zero-order valence-corrected chi connectivity index (χ0v) is 12.3. The number of aryl methyl sites for hydroxylation is 1. The Morgan fingerprint density at radius 1 is 1.29 bits per heavy atom. The summed E-state index contributed by atoms with van der Waals surface area (Å²) in [5, 5.41) is 9.32. The first-order valence-electron chi connectivity index (χ1n) is 6.29. The Hall–Kier alpha value is -2.47. The molecule has 0 aliphatic heterocycles. The van der Waals surface area contributed by atoms with Gasteiger partial charge in [-0.2, -0.15) is 0 Å². The Labute approximate surface area is 124 Å². The Morgan fingerprint density at radius 3 is 2.76 bits per heavy atom. The Balaban J connectivity index is 2.33. The molecular formula is C15H12N2O3S. The molecule has 3 aromatic rings. The normalized spacial score (nSPS) is 11.0. The van der Waals surface area contributed by atoms with E-state index in [9.17, 15) is 14.7 Å². The van der Waals surface area contributed by atoms with E-state index in [1.54, 1.807) is 25.4 Å². The van der Waals surface area contributed by atoms with Crippen molar-refractivity contribution in [3.63, 3.8) is 0 Å². The first kappa shape index (κ1) is 13.5. The highest BCUT2D eigenvalue weighted by molar-refractivity contribution is 7.16. The number of pyridine rings is 1. The van der Waals surface area contributed by atoms with Crippen LogP contribution in [0.1, 0.15) is 21.6 Å². The second-order valence-electron chi connectivity index (χ2n) is 4.77. The van der Waals surface area contributed by atoms with Gasteiger partial charge in [0, 0.05) is 11.8 Å². The molecule has 0 saturated heterocycles. The van der Waals surface area contributed by atoms with Gasteiger partial charge in [-0.25, -0.2) is 9.78 Å². The maximum Gasteiger partial charge on any atom is 0.337 e. The molecule has 5 nitrogen and oxygen atoms in total. The van der Waals surface area contributed by atoms with Crippen LogP contribution in [0.5, 0.6) is 0 Å². The van der Waals surface area contributed by atoms with Gasteiger partial charge >= 0.3 is 5.97 Å². The number of hydrogen-bond donors (Lipinski definition) is 1. The first-order valence-corrected chi connectivity index (χ1v) is 7.17. The van der Waals surface area contributed by atoms with Crippen molar-refractivity contribution < 1.29 is 9.90 Å². The molecule has 21 heavy (non-hydrogen) atoms. The minimum absolute atomic E-state index is 0.166. The van der Waals surface area contributed by atoms with Crippen LogP contribution in [-0.4, -0.2) is 20.6 Å². The number of hydrogen-bond acceptors (Lipinski definition) is 4. The van der Waals surface area contributed by atoms with Gasteiger partial charge in [0.25, 0.3) is 5.56 Å². The average molecular weight is 300 g/mol. The summed E-state index contributed by atoms with van der Waals surface area (Å²) in [7, 11) is 0. The lowest BCUT2D eigenvalue weighted by Gasteiger charge is -2.14. The van der Waals surface area contributed by atoms with Gasteiger partial charge in [0.2, 0.25) is 0 Å². The molecule has 3 rings (SSSR count). The monoisotopic (exact) mass is 300 g/mol. The molecule has 106 valence electrons. The number of nitrogens with zero attached hydrogens (tertiary/aromatic N) is 2. The number of carboxylic acids is 1. The molecule has 0 saturated carbocycles. The zero-order chi connectivity index (χ0) is 15.1. The van der Waals surface area contributed by atoms with E-state index < -0.39 is 5.97 Å². The van der Waals surface area contributed by atoms with Crippen molar-refractivity contribution in [2.24, 2.45) is 0 Å². The maximum atomic E-state index is 12.3. The third kappa shape index (κ3) is 2.13. The number of fused-ring (bicyclic) bond motifs is 1. The zero-order valence-electron chi connectivity index (χ0n) is 11.5. The quantitative estimate of drug-likeness (QED) is 0.790. The van der Waals surface area contributed by atoms with E-state index in [0.717, 1.165) is 10.2 Å². The fourth-order valence-electron chi connectivity index (χ4n) is 2.51. The highest BCUT2D eigenvalue weighted by Gasteiger charge is 2.17. The van der Waals surface area contributed by atoms with E-state index in [1.807, 2.05) is 12.1 Å². The molecule has 0 atom stereocenters. The molecule has 0 unspecified atom stereocenters. The Bertz CT molecular complexity index is 924. The number of benzene rings is 1. The van der Waals surface area contributed by atoms with Crippen LogP contribution in [0.15, 0.2) is 34.6 Å². The topological polar surface area (TPSA) is 72.2 Å². The van der Waals surface area contributed by atoms with E-state index in [1.165, 1.54) is 22.0 Å². The van der Waals surface area contributed by atoms with E-state index >= 15 is 0 Å². The van der Waals surface area contributed by atoms with Crippen molar-refractivity contribution in [3.8, 4) is 5.69 Å².